The number of thioether (sulfide) groups is 1. The first-order valence-corrected chi connectivity index (χ1v) is 6.43. The number of anilines is 1. The van der Waals surface area contributed by atoms with Gasteiger partial charge in [-0.05, 0) is 24.5 Å². The first-order chi connectivity index (χ1) is 8.74. The number of pyridine rings is 1. The average molecular weight is 257 g/mol. The Morgan fingerprint density at radius 2 is 2.17 bits per heavy atom. The first-order valence-electron chi connectivity index (χ1n) is 5.21. The molecule has 90 valence electrons. The van der Waals surface area contributed by atoms with E-state index in [1.807, 2.05) is 36.6 Å². The van der Waals surface area contributed by atoms with Gasteiger partial charge in [-0.3, -0.25) is 0 Å². The predicted molar refractivity (Wildman–Crippen MR) is 71.7 cm³/mol. The summed E-state index contributed by atoms with van der Waals surface area (Å²) in [5, 5.41) is 8.74. The summed E-state index contributed by atoms with van der Waals surface area (Å²) in [6, 6.07) is 11.2. The van der Waals surface area contributed by atoms with Crippen LogP contribution in [0.3, 0.4) is 0 Å². The van der Waals surface area contributed by atoms with Gasteiger partial charge in [-0.15, -0.1) is 11.8 Å². The zero-order valence-electron chi connectivity index (χ0n) is 9.75. The van der Waals surface area contributed by atoms with Gasteiger partial charge >= 0.3 is 0 Å². The Morgan fingerprint density at radius 1 is 1.39 bits per heavy atom. The average Bonchev–Trinajstić information content (AvgIpc) is 2.41. The Hall–Kier alpha value is -2.19. The number of hydrogen-bond donors (Lipinski definition) is 1. The van der Waals surface area contributed by atoms with Gasteiger partial charge < -0.3 is 10.5 Å². The van der Waals surface area contributed by atoms with E-state index in [9.17, 15) is 0 Å². The Morgan fingerprint density at radius 3 is 2.83 bits per heavy atom. The van der Waals surface area contributed by atoms with E-state index in [0.717, 1.165) is 4.90 Å². The van der Waals surface area contributed by atoms with Gasteiger partial charge in [-0.25, -0.2) is 4.98 Å². The van der Waals surface area contributed by atoms with Crippen molar-refractivity contribution in [3.05, 3.63) is 42.1 Å². The van der Waals surface area contributed by atoms with Crippen LogP contribution < -0.4 is 10.5 Å². The van der Waals surface area contributed by atoms with Gasteiger partial charge in [0.05, 0.1) is 11.3 Å². The van der Waals surface area contributed by atoms with E-state index in [2.05, 4.69) is 4.98 Å². The second-order valence-corrected chi connectivity index (χ2v) is 4.33. The lowest BCUT2D eigenvalue weighted by atomic mass is 10.3. The van der Waals surface area contributed by atoms with Crippen LogP contribution in [-0.2, 0) is 0 Å². The smallest absolute Gasteiger partial charge is 0.242 e. The molecule has 18 heavy (non-hydrogen) atoms. The summed E-state index contributed by atoms with van der Waals surface area (Å²) in [6.45, 7) is 0. The molecule has 5 heteroatoms. The van der Waals surface area contributed by atoms with Crippen molar-refractivity contribution in [2.75, 3.05) is 12.0 Å². The van der Waals surface area contributed by atoms with Gasteiger partial charge in [-0.2, -0.15) is 5.26 Å². The zero-order chi connectivity index (χ0) is 13.0. The highest BCUT2D eigenvalue weighted by atomic mass is 32.2. The van der Waals surface area contributed by atoms with Gasteiger partial charge in [0.2, 0.25) is 5.88 Å². The van der Waals surface area contributed by atoms with E-state index >= 15 is 0 Å². The van der Waals surface area contributed by atoms with Crippen molar-refractivity contribution in [2.45, 2.75) is 4.90 Å². The number of nitrogens with two attached hydrogens (primary N) is 1. The van der Waals surface area contributed by atoms with E-state index in [1.165, 1.54) is 6.20 Å². The molecule has 0 bridgehead atoms. The number of rotatable bonds is 3. The fourth-order valence-corrected chi connectivity index (χ4v) is 1.95. The molecule has 1 aromatic carbocycles. The lowest BCUT2D eigenvalue weighted by molar-refractivity contribution is 0.455. The molecule has 0 radical (unpaired) electrons. The summed E-state index contributed by atoms with van der Waals surface area (Å²) in [5.41, 5.74) is 6.56. The molecule has 4 nitrogen and oxygen atoms in total. The number of nitriles is 1. The van der Waals surface area contributed by atoms with Gasteiger partial charge in [0, 0.05) is 11.1 Å². The molecule has 0 saturated carbocycles. The molecule has 0 aliphatic carbocycles. The summed E-state index contributed by atoms with van der Waals surface area (Å²) in [5.74, 6) is 1.02. The van der Waals surface area contributed by atoms with Crippen molar-refractivity contribution < 1.29 is 4.74 Å². The van der Waals surface area contributed by atoms with Crippen LogP contribution in [0.15, 0.2) is 41.4 Å². The third-order valence-corrected chi connectivity index (χ3v) is 3.06. The quantitative estimate of drug-likeness (QED) is 0.855. The van der Waals surface area contributed by atoms with E-state index in [1.54, 1.807) is 17.8 Å². The van der Waals surface area contributed by atoms with E-state index < -0.39 is 0 Å². The number of nitrogens with zero attached hydrogens (tertiary/aromatic N) is 2. The van der Waals surface area contributed by atoms with Gasteiger partial charge in [-0.1, -0.05) is 12.1 Å². The molecule has 2 rings (SSSR count). The Balaban J connectivity index is 2.32. The highest BCUT2D eigenvalue weighted by Crippen LogP contribution is 2.32. The van der Waals surface area contributed by atoms with Gasteiger partial charge in [0.25, 0.3) is 0 Å². The van der Waals surface area contributed by atoms with Crippen LogP contribution in [0.1, 0.15) is 5.56 Å². The van der Waals surface area contributed by atoms with Crippen molar-refractivity contribution in [2.24, 2.45) is 0 Å². The van der Waals surface area contributed by atoms with E-state index in [4.69, 9.17) is 15.7 Å². The SMILES string of the molecule is CSc1ccccc1Oc1ncc(C#N)cc1N. The minimum Gasteiger partial charge on any atom is -0.436 e. The lowest BCUT2D eigenvalue weighted by Gasteiger charge is -2.10. The molecule has 0 spiro atoms. The molecule has 0 amide bonds. The van der Waals surface area contributed by atoms with Crippen molar-refractivity contribution in [1.29, 1.82) is 5.26 Å². The third kappa shape index (κ3) is 2.55. The van der Waals surface area contributed by atoms with Crippen molar-refractivity contribution >= 4 is 17.4 Å². The van der Waals surface area contributed by atoms with Crippen LogP contribution in [0.5, 0.6) is 11.6 Å². The monoisotopic (exact) mass is 257 g/mol. The molecule has 1 aromatic heterocycles. The molecule has 0 aliphatic heterocycles. The molecule has 0 atom stereocenters. The van der Waals surface area contributed by atoms with Crippen LogP contribution in [0.2, 0.25) is 0 Å². The van der Waals surface area contributed by atoms with Crippen molar-refractivity contribution in [3.63, 3.8) is 0 Å². The maximum Gasteiger partial charge on any atom is 0.242 e. The molecule has 0 fully saturated rings. The largest absolute Gasteiger partial charge is 0.436 e. The molecular formula is C13H11N3OS. The normalized spacial score (nSPS) is 9.78. The first kappa shape index (κ1) is 12.3. The number of aromatic nitrogens is 1. The minimum atomic E-state index is 0.315. The Kier molecular flexibility index (Phi) is 3.70. The summed E-state index contributed by atoms with van der Waals surface area (Å²) in [6.07, 6.45) is 3.41. The van der Waals surface area contributed by atoms with Crippen molar-refractivity contribution in [3.8, 4) is 17.7 Å². The van der Waals surface area contributed by atoms with E-state index in [-0.39, 0.29) is 0 Å². The molecule has 0 saturated heterocycles. The molecule has 2 N–H and O–H groups in total. The molecular weight excluding hydrogens is 246 g/mol. The fourth-order valence-electron chi connectivity index (χ4n) is 1.42. The highest BCUT2D eigenvalue weighted by molar-refractivity contribution is 7.98. The standard InChI is InChI=1S/C13H11N3OS/c1-18-12-5-3-2-4-11(12)17-13-10(15)6-9(7-14)8-16-13/h2-6,8H,15H2,1H3. The number of benzene rings is 1. The van der Waals surface area contributed by atoms with Crippen LogP contribution >= 0.6 is 11.8 Å². The molecule has 1 heterocycles. The second kappa shape index (κ2) is 5.43. The summed E-state index contributed by atoms with van der Waals surface area (Å²) in [4.78, 5) is 5.04. The maximum atomic E-state index is 8.74. The summed E-state index contributed by atoms with van der Waals surface area (Å²) >= 11 is 1.58. The molecule has 0 aliphatic rings. The second-order valence-electron chi connectivity index (χ2n) is 3.48. The highest BCUT2D eigenvalue weighted by Gasteiger charge is 2.08. The van der Waals surface area contributed by atoms with E-state index in [0.29, 0.717) is 22.9 Å². The maximum absolute atomic E-state index is 8.74. The lowest BCUT2D eigenvalue weighted by Crippen LogP contribution is -1.96. The third-order valence-electron chi connectivity index (χ3n) is 2.28. The fraction of sp³-hybridized carbons (Fsp3) is 0.0769. The number of nitrogen functional groups attached to an aromatic ring is 1. The Labute approximate surface area is 109 Å². The molecule has 2 aromatic rings. The summed E-state index contributed by atoms with van der Waals surface area (Å²) in [7, 11) is 0. The van der Waals surface area contributed by atoms with Crippen LogP contribution in [0.4, 0.5) is 5.69 Å². The van der Waals surface area contributed by atoms with Gasteiger partial charge in [0.15, 0.2) is 0 Å². The number of hydrogen-bond acceptors (Lipinski definition) is 5. The predicted octanol–water partition coefficient (Wildman–Crippen LogP) is 3.05. The Bertz CT molecular complexity index is 607. The van der Waals surface area contributed by atoms with Crippen LogP contribution in [-0.4, -0.2) is 11.2 Å². The molecule has 0 unspecified atom stereocenters. The number of para-hydroxylation sites is 1. The van der Waals surface area contributed by atoms with Crippen LogP contribution in [0.25, 0.3) is 0 Å². The number of ether oxygens (including phenoxy) is 1. The summed E-state index contributed by atoms with van der Waals surface area (Å²) < 4.78 is 5.66. The van der Waals surface area contributed by atoms with Gasteiger partial charge in [0.1, 0.15) is 11.8 Å². The van der Waals surface area contributed by atoms with Crippen molar-refractivity contribution in [1.82, 2.24) is 4.98 Å². The van der Waals surface area contributed by atoms with Crippen LogP contribution in [0, 0.1) is 11.3 Å². The minimum absolute atomic E-state index is 0.315. The zero-order valence-corrected chi connectivity index (χ0v) is 10.6. The topological polar surface area (TPSA) is 71.9 Å².